The van der Waals surface area contributed by atoms with Gasteiger partial charge in [-0.2, -0.15) is 8.78 Å². The van der Waals surface area contributed by atoms with Crippen molar-refractivity contribution in [2.24, 2.45) is 7.05 Å². The molecule has 80 valence electrons. The molecule has 2 aromatic rings. The molecular weight excluding hydrogens is 200 g/mol. The van der Waals surface area contributed by atoms with Crippen LogP contribution in [0.2, 0.25) is 0 Å². The van der Waals surface area contributed by atoms with E-state index in [-0.39, 0.29) is 5.56 Å². The van der Waals surface area contributed by atoms with Gasteiger partial charge in [-0.15, -0.1) is 0 Å². The molecule has 15 heavy (non-hydrogen) atoms. The second-order valence-electron chi connectivity index (χ2n) is 3.53. The van der Waals surface area contributed by atoms with E-state index < -0.39 is 12.5 Å². The summed E-state index contributed by atoms with van der Waals surface area (Å²) in [6, 6.07) is 6.32. The van der Waals surface area contributed by atoms with Crippen LogP contribution in [-0.4, -0.2) is 16.3 Å². The maximum atomic E-state index is 13.4. The molecule has 0 unspecified atom stereocenters. The Bertz CT molecular complexity index is 490. The van der Waals surface area contributed by atoms with E-state index in [1.807, 2.05) is 0 Å². The lowest BCUT2D eigenvalue weighted by Crippen LogP contribution is -2.18. The quantitative estimate of drug-likeness (QED) is 0.809. The van der Waals surface area contributed by atoms with E-state index in [2.05, 4.69) is 0 Å². The van der Waals surface area contributed by atoms with Crippen molar-refractivity contribution >= 4 is 10.9 Å². The highest BCUT2D eigenvalue weighted by Crippen LogP contribution is 2.33. The number of aliphatic hydroxyl groups excluding tert-OH is 1. The summed E-state index contributed by atoms with van der Waals surface area (Å²) >= 11 is 0. The summed E-state index contributed by atoms with van der Waals surface area (Å²) in [5.74, 6) is -3.18. The molecule has 0 aliphatic heterocycles. The van der Waals surface area contributed by atoms with Gasteiger partial charge in [-0.25, -0.2) is 0 Å². The van der Waals surface area contributed by atoms with Crippen molar-refractivity contribution in [2.45, 2.75) is 5.92 Å². The number of rotatable bonds is 2. The molecule has 0 fully saturated rings. The fourth-order valence-electron chi connectivity index (χ4n) is 1.71. The van der Waals surface area contributed by atoms with Crippen LogP contribution in [0.25, 0.3) is 10.9 Å². The van der Waals surface area contributed by atoms with E-state index in [0.717, 1.165) is 5.52 Å². The van der Waals surface area contributed by atoms with Gasteiger partial charge in [0.25, 0.3) is 5.92 Å². The fourth-order valence-corrected chi connectivity index (χ4v) is 1.71. The van der Waals surface area contributed by atoms with Crippen LogP contribution in [0.3, 0.4) is 0 Å². The van der Waals surface area contributed by atoms with Crippen molar-refractivity contribution in [3.05, 3.63) is 36.0 Å². The summed E-state index contributed by atoms with van der Waals surface area (Å²) in [5.41, 5.74) is 0.615. The third-order valence-corrected chi connectivity index (χ3v) is 2.52. The molecule has 0 amide bonds. The zero-order chi connectivity index (χ0) is 11.1. The average molecular weight is 211 g/mol. The van der Waals surface area contributed by atoms with Crippen LogP contribution in [0.15, 0.2) is 30.5 Å². The number of nitrogens with zero attached hydrogens (tertiary/aromatic N) is 1. The third-order valence-electron chi connectivity index (χ3n) is 2.52. The monoisotopic (exact) mass is 211 g/mol. The SMILES string of the molecule is Cn1ccc2c(C(F)(F)CO)cccc21. The van der Waals surface area contributed by atoms with Crippen molar-refractivity contribution in [1.29, 1.82) is 0 Å². The largest absolute Gasteiger partial charge is 0.390 e. The lowest BCUT2D eigenvalue weighted by atomic mass is 10.0. The van der Waals surface area contributed by atoms with E-state index in [9.17, 15) is 8.78 Å². The Balaban J connectivity index is 2.71. The topological polar surface area (TPSA) is 25.2 Å². The lowest BCUT2D eigenvalue weighted by Gasteiger charge is -2.14. The molecule has 1 N–H and O–H groups in total. The van der Waals surface area contributed by atoms with Crippen LogP contribution in [0.4, 0.5) is 8.78 Å². The molecule has 0 aliphatic carbocycles. The minimum atomic E-state index is -3.18. The minimum absolute atomic E-state index is 0.122. The van der Waals surface area contributed by atoms with Crippen LogP contribution in [0.5, 0.6) is 0 Å². The molecule has 0 bridgehead atoms. The number of aryl methyl sites for hydroxylation is 1. The van der Waals surface area contributed by atoms with E-state index in [4.69, 9.17) is 5.11 Å². The first kappa shape index (κ1) is 10.1. The zero-order valence-corrected chi connectivity index (χ0v) is 8.24. The van der Waals surface area contributed by atoms with Crippen molar-refractivity contribution in [2.75, 3.05) is 6.61 Å². The van der Waals surface area contributed by atoms with Crippen LogP contribution < -0.4 is 0 Å². The number of halogens is 2. The molecule has 1 aromatic heterocycles. The summed E-state index contributed by atoms with van der Waals surface area (Å²) in [7, 11) is 1.79. The molecule has 4 heteroatoms. The average Bonchev–Trinajstić information content (AvgIpc) is 2.60. The van der Waals surface area contributed by atoms with Crippen LogP contribution in [-0.2, 0) is 13.0 Å². The molecular formula is C11H11F2NO. The van der Waals surface area contributed by atoms with Gasteiger partial charge in [0.15, 0.2) is 0 Å². The summed E-state index contributed by atoms with van der Waals surface area (Å²) < 4.78 is 28.5. The van der Waals surface area contributed by atoms with Crippen LogP contribution in [0, 0.1) is 0 Å². The van der Waals surface area contributed by atoms with Gasteiger partial charge in [0, 0.05) is 29.7 Å². The maximum Gasteiger partial charge on any atom is 0.296 e. The summed E-state index contributed by atoms with van der Waals surface area (Å²) in [6.07, 6.45) is 1.72. The van der Waals surface area contributed by atoms with Gasteiger partial charge in [-0.3, -0.25) is 0 Å². The van der Waals surface area contributed by atoms with Gasteiger partial charge < -0.3 is 9.67 Å². The standard InChI is InChI=1S/C11H11F2NO/c1-14-6-5-8-9(11(12,13)7-15)3-2-4-10(8)14/h2-6,15H,7H2,1H3. The molecule has 0 radical (unpaired) electrons. The molecule has 0 aliphatic rings. The van der Waals surface area contributed by atoms with Crippen LogP contribution >= 0.6 is 0 Å². The minimum Gasteiger partial charge on any atom is -0.390 e. The number of benzene rings is 1. The predicted molar refractivity (Wildman–Crippen MR) is 53.9 cm³/mol. The number of hydrogen-bond donors (Lipinski definition) is 1. The van der Waals surface area contributed by atoms with Gasteiger partial charge in [0.05, 0.1) is 0 Å². The normalized spacial score (nSPS) is 12.3. The first-order chi connectivity index (χ1) is 7.06. The second-order valence-corrected chi connectivity index (χ2v) is 3.53. The Labute approximate surface area is 85.8 Å². The molecule has 0 saturated heterocycles. The number of fused-ring (bicyclic) bond motifs is 1. The number of aromatic nitrogens is 1. The number of hydrogen-bond acceptors (Lipinski definition) is 1. The van der Waals surface area contributed by atoms with Gasteiger partial charge in [-0.1, -0.05) is 12.1 Å². The van der Waals surface area contributed by atoms with Gasteiger partial charge >= 0.3 is 0 Å². The van der Waals surface area contributed by atoms with Gasteiger partial charge in [0.1, 0.15) is 6.61 Å². The number of aliphatic hydroxyl groups is 1. The van der Waals surface area contributed by atoms with Crippen molar-refractivity contribution in [1.82, 2.24) is 4.57 Å². The van der Waals surface area contributed by atoms with Crippen molar-refractivity contribution in [3.8, 4) is 0 Å². The Morgan fingerprint density at radius 3 is 2.73 bits per heavy atom. The van der Waals surface area contributed by atoms with Gasteiger partial charge in [-0.05, 0) is 12.1 Å². The molecule has 0 saturated carbocycles. The Hall–Kier alpha value is -1.42. The first-order valence-electron chi connectivity index (χ1n) is 4.59. The Morgan fingerprint density at radius 2 is 2.07 bits per heavy atom. The molecule has 1 aromatic carbocycles. The molecule has 2 rings (SSSR count). The highest BCUT2D eigenvalue weighted by atomic mass is 19.3. The van der Waals surface area contributed by atoms with Gasteiger partial charge in [0.2, 0.25) is 0 Å². The van der Waals surface area contributed by atoms with Crippen molar-refractivity contribution in [3.63, 3.8) is 0 Å². The van der Waals surface area contributed by atoms with Crippen molar-refractivity contribution < 1.29 is 13.9 Å². The molecule has 0 atom stereocenters. The summed E-state index contributed by atoms with van der Waals surface area (Å²) in [4.78, 5) is 0. The molecule has 0 spiro atoms. The highest BCUT2D eigenvalue weighted by molar-refractivity contribution is 5.84. The second kappa shape index (κ2) is 3.31. The lowest BCUT2D eigenvalue weighted by molar-refractivity contribution is -0.0543. The van der Waals surface area contributed by atoms with E-state index in [1.165, 1.54) is 6.07 Å². The fraction of sp³-hybridized carbons (Fsp3) is 0.273. The molecule has 1 heterocycles. The highest BCUT2D eigenvalue weighted by Gasteiger charge is 2.32. The number of alkyl halides is 2. The Morgan fingerprint density at radius 1 is 1.33 bits per heavy atom. The summed E-state index contributed by atoms with van der Waals surface area (Å²) in [5, 5.41) is 9.14. The van der Waals surface area contributed by atoms with E-state index >= 15 is 0 Å². The van der Waals surface area contributed by atoms with Crippen LogP contribution in [0.1, 0.15) is 5.56 Å². The smallest absolute Gasteiger partial charge is 0.296 e. The third kappa shape index (κ3) is 1.51. The Kier molecular flexibility index (Phi) is 2.23. The molecule has 2 nitrogen and oxygen atoms in total. The predicted octanol–water partition coefficient (Wildman–Crippen LogP) is 2.26. The maximum absolute atomic E-state index is 13.4. The first-order valence-corrected chi connectivity index (χ1v) is 4.59. The summed E-state index contributed by atoms with van der Waals surface area (Å²) in [6.45, 7) is -1.17. The van der Waals surface area contributed by atoms with E-state index in [0.29, 0.717) is 5.39 Å². The van der Waals surface area contributed by atoms with E-state index in [1.54, 1.807) is 36.0 Å². The zero-order valence-electron chi connectivity index (χ0n) is 8.24.